The summed E-state index contributed by atoms with van der Waals surface area (Å²) in [5, 5.41) is 2.68. The van der Waals surface area contributed by atoms with Crippen molar-refractivity contribution in [3.63, 3.8) is 0 Å². The van der Waals surface area contributed by atoms with Crippen molar-refractivity contribution in [2.24, 2.45) is 5.92 Å². The molecule has 0 aromatic carbocycles. The lowest BCUT2D eigenvalue weighted by Crippen LogP contribution is -2.45. The Morgan fingerprint density at radius 3 is 2.94 bits per heavy atom. The van der Waals surface area contributed by atoms with E-state index in [1.165, 1.54) is 6.42 Å². The van der Waals surface area contributed by atoms with Crippen molar-refractivity contribution in [3.8, 4) is 0 Å². The van der Waals surface area contributed by atoms with Crippen LogP contribution in [0.15, 0.2) is 0 Å². The number of nitrogens with one attached hydrogen (secondary N) is 1. The van der Waals surface area contributed by atoms with Crippen LogP contribution in [-0.4, -0.2) is 69.8 Å². The zero-order valence-corrected chi connectivity index (χ0v) is 11.9. The highest BCUT2D eigenvalue weighted by atomic mass is 16.5. The molecule has 1 aliphatic rings. The molecule has 0 bridgehead atoms. The lowest BCUT2D eigenvalue weighted by Gasteiger charge is -2.32. The van der Waals surface area contributed by atoms with Crippen molar-refractivity contribution in [2.45, 2.75) is 19.3 Å². The van der Waals surface area contributed by atoms with Crippen molar-refractivity contribution < 1.29 is 9.53 Å². The Labute approximate surface area is 110 Å². The fourth-order valence-corrected chi connectivity index (χ4v) is 2.28. The summed E-state index contributed by atoms with van der Waals surface area (Å²) >= 11 is 0. The molecule has 0 radical (unpaired) electrons. The SMILES string of the molecule is CNC(=O)N1CCCC(COCCCN(C)C)C1. The van der Waals surface area contributed by atoms with Crippen molar-refractivity contribution in [3.05, 3.63) is 0 Å². The van der Waals surface area contributed by atoms with Crippen LogP contribution in [0.4, 0.5) is 4.79 Å². The second-order valence-corrected chi connectivity index (χ2v) is 5.24. The summed E-state index contributed by atoms with van der Waals surface area (Å²) in [6.45, 7) is 4.36. The maximum absolute atomic E-state index is 11.5. The highest BCUT2D eigenvalue weighted by molar-refractivity contribution is 5.73. The molecule has 0 aliphatic carbocycles. The second kappa shape index (κ2) is 8.32. The van der Waals surface area contributed by atoms with E-state index in [-0.39, 0.29) is 6.03 Å². The van der Waals surface area contributed by atoms with E-state index in [2.05, 4.69) is 24.3 Å². The topological polar surface area (TPSA) is 44.8 Å². The molecule has 1 N–H and O–H groups in total. The van der Waals surface area contributed by atoms with E-state index in [9.17, 15) is 4.79 Å². The van der Waals surface area contributed by atoms with Gasteiger partial charge in [0.1, 0.15) is 0 Å². The van der Waals surface area contributed by atoms with Crippen molar-refractivity contribution in [1.29, 1.82) is 0 Å². The van der Waals surface area contributed by atoms with Gasteiger partial charge in [0.2, 0.25) is 0 Å². The van der Waals surface area contributed by atoms with E-state index in [1.54, 1.807) is 7.05 Å². The first kappa shape index (κ1) is 15.2. The summed E-state index contributed by atoms with van der Waals surface area (Å²) in [7, 11) is 5.83. The maximum atomic E-state index is 11.5. The minimum Gasteiger partial charge on any atom is -0.381 e. The molecule has 18 heavy (non-hydrogen) atoms. The predicted molar refractivity (Wildman–Crippen MR) is 72.7 cm³/mol. The number of carbonyl (C=O) groups excluding carboxylic acids is 1. The van der Waals surface area contributed by atoms with Gasteiger partial charge in [0.15, 0.2) is 0 Å². The third-order valence-corrected chi connectivity index (χ3v) is 3.27. The molecule has 0 aromatic rings. The van der Waals surface area contributed by atoms with Crippen LogP contribution in [0.2, 0.25) is 0 Å². The zero-order chi connectivity index (χ0) is 13.4. The van der Waals surface area contributed by atoms with E-state index in [4.69, 9.17) is 4.74 Å². The summed E-state index contributed by atoms with van der Waals surface area (Å²) in [5.41, 5.74) is 0. The first-order valence-corrected chi connectivity index (χ1v) is 6.82. The fraction of sp³-hybridized carbons (Fsp3) is 0.923. The van der Waals surface area contributed by atoms with Gasteiger partial charge in [-0.1, -0.05) is 0 Å². The summed E-state index contributed by atoms with van der Waals surface area (Å²) in [6, 6.07) is 0.0345. The smallest absolute Gasteiger partial charge is 0.317 e. The largest absolute Gasteiger partial charge is 0.381 e. The number of ether oxygens (including phenoxy) is 1. The van der Waals surface area contributed by atoms with Crippen LogP contribution >= 0.6 is 0 Å². The molecule has 1 atom stereocenters. The third kappa shape index (κ3) is 5.69. The number of urea groups is 1. The summed E-state index contributed by atoms with van der Waals surface area (Å²) < 4.78 is 5.70. The van der Waals surface area contributed by atoms with Crippen LogP contribution in [-0.2, 0) is 4.74 Å². The Bertz CT molecular complexity index is 246. The van der Waals surface area contributed by atoms with E-state index in [0.29, 0.717) is 5.92 Å². The molecule has 1 fully saturated rings. The number of amides is 2. The maximum Gasteiger partial charge on any atom is 0.317 e. The van der Waals surface area contributed by atoms with Crippen molar-refractivity contribution in [2.75, 3.05) is 54.0 Å². The van der Waals surface area contributed by atoms with E-state index >= 15 is 0 Å². The number of nitrogens with zero attached hydrogens (tertiary/aromatic N) is 2. The molecule has 1 rings (SSSR count). The van der Waals surface area contributed by atoms with Crippen LogP contribution in [0.25, 0.3) is 0 Å². The lowest BCUT2D eigenvalue weighted by atomic mass is 9.99. The third-order valence-electron chi connectivity index (χ3n) is 3.27. The predicted octanol–water partition coefficient (Wildman–Crippen LogP) is 1.01. The molecule has 0 spiro atoms. The fourth-order valence-electron chi connectivity index (χ4n) is 2.28. The molecule has 1 heterocycles. The Kier molecular flexibility index (Phi) is 7.05. The second-order valence-electron chi connectivity index (χ2n) is 5.24. The highest BCUT2D eigenvalue weighted by Gasteiger charge is 2.22. The standard InChI is InChI=1S/C13H27N3O2/c1-14-13(17)16-8-4-6-12(10-16)11-18-9-5-7-15(2)3/h12H,4-11H2,1-3H3,(H,14,17). The van der Waals surface area contributed by atoms with E-state index in [0.717, 1.165) is 45.7 Å². The first-order valence-electron chi connectivity index (χ1n) is 6.82. The van der Waals surface area contributed by atoms with Gasteiger partial charge in [0.25, 0.3) is 0 Å². The zero-order valence-electron chi connectivity index (χ0n) is 11.9. The van der Waals surface area contributed by atoms with Gasteiger partial charge in [-0.2, -0.15) is 0 Å². The van der Waals surface area contributed by atoms with Gasteiger partial charge in [-0.05, 0) is 39.9 Å². The van der Waals surface area contributed by atoms with Crippen molar-refractivity contribution >= 4 is 6.03 Å². The van der Waals surface area contributed by atoms with Gasteiger partial charge in [0.05, 0.1) is 6.61 Å². The molecule has 0 aromatic heterocycles. The minimum atomic E-state index is 0.0345. The number of carbonyl (C=O) groups is 1. The summed E-state index contributed by atoms with van der Waals surface area (Å²) in [6.07, 6.45) is 3.32. The number of hydrogen-bond acceptors (Lipinski definition) is 3. The molecule has 1 unspecified atom stereocenters. The van der Waals surface area contributed by atoms with Crippen molar-refractivity contribution in [1.82, 2.24) is 15.1 Å². The number of rotatable bonds is 6. The summed E-state index contributed by atoms with van der Waals surface area (Å²) in [5.74, 6) is 0.496. The Balaban J connectivity index is 2.12. The van der Waals surface area contributed by atoms with Gasteiger partial charge in [-0.25, -0.2) is 4.79 Å². The number of hydrogen-bond donors (Lipinski definition) is 1. The van der Waals surface area contributed by atoms with E-state index < -0.39 is 0 Å². The van der Waals surface area contributed by atoms with Gasteiger partial charge in [0, 0.05) is 32.7 Å². The monoisotopic (exact) mass is 257 g/mol. The van der Waals surface area contributed by atoms with Gasteiger partial charge < -0.3 is 19.9 Å². The molecular formula is C13H27N3O2. The van der Waals surface area contributed by atoms with Crippen LogP contribution in [0, 0.1) is 5.92 Å². The summed E-state index contributed by atoms with van der Waals surface area (Å²) in [4.78, 5) is 15.6. The molecule has 2 amide bonds. The van der Waals surface area contributed by atoms with Gasteiger partial charge >= 0.3 is 6.03 Å². The molecule has 1 aliphatic heterocycles. The lowest BCUT2D eigenvalue weighted by molar-refractivity contribution is 0.0650. The van der Waals surface area contributed by atoms with Gasteiger partial charge in [-0.3, -0.25) is 0 Å². The first-order chi connectivity index (χ1) is 8.63. The molecule has 1 saturated heterocycles. The van der Waals surface area contributed by atoms with Crippen LogP contribution in [0.5, 0.6) is 0 Å². The molecular weight excluding hydrogens is 230 g/mol. The molecule has 5 heteroatoms. The Morgan fingerprint density at radius 2 is 2.28 bits per heavy atom. The van der Waals surface area contributed by atoms with Crippen LogP contribution in [0.3, 0.4) is 0 Å². The Hall–Kier alpha value is -0.810. The molecule has 5 nitrogen and oxygen atoms in total. The number of piperidine rings is 1. The van der Waals surface area contributed by atoms with E-state index in [1.807, 2.05) is 4.90 Å². The molecule has 0 saturated carbocycles. The minimum absolute atomic E-state index is 0.0345. The molecule has 106 valence electrons. The highest BCUT2D eigenvalue weighted by Crippen LogP contribution is 2.16. The van der Waals surface area contributed by atoms with Crippen LogP contribution < -0.4 is 5.32 Å². The van der Waals surface area contributed by atoms with Crippen LogP contribution in [0.1, 0.15) is 19.3 Å². The average molecular weight is 257 g/mol. The Morgan fingerprint density at radius 1 is 1.50 bits per heavy atom. The quantitative estimate of drug-likeness (QED) is 0.722. The van der Waals surface area contributed by atoms with Gasteiger partial charge in [-0.15, -0.1) is 0 Å². The normalized spacial score (nSPS) is 20.2. The number of likely N-dealkylation sites (tertiary alicyclic amines) is 1. The average Bonchev–Trinajstić information content (AvgIpc) is 2.37.